The van der Waals surface area contributed by atoms with E-state index in [2.05, 4.69) is 38.4 Å². The standard InChI is InChI=1S/C14H14BrN3/c1-2-16-12-7-9-14(10-8-12)18-17-13-5-3-11(15)4-6-13/h3-10,16H,2H2,1H3. The average molecular weight is 304 g/mol. The molecule has 0 saturated heterocycles. The maximum absolute atomic E-state index is 4.19. The first-order chi connectivity index (χ1) is 8.78. The largest absolute Gasteiger partial charge is 0.385 e. The van der Waals surface area contributed by atoms with Crippen molar-refractivity contribution in [2.24, 2.45) is 10.2 Å². The van der Waals surface area contributed by atoms with Gasteiger partial charge in [-0.25, -0.2) is 0 Å². The quantitative estimate of drug-likeness (QED) is 0.765. The molecule has 18 heavy (non-hydrogen) atoms. The number of nitrogens with one attached hydrogen (secondary N) is 1. The number of halogens is 1. The van der Waals surface area contributed by atoms with Crippen molar-refractivity contribution in [1.29, 1.82) is 0 Å². The van der Waals surface area contributed by atoms with Crippen molar-refractivity contribution in [3.05, 3.63) is 53.0 Å². The number of rotatable bonds is 4. The average Bonchev–Trinajstić information content (AvgIpc) is 2.40. The lowest BCUT2D eigenvalue weighted by molar-refractivity contribution is 1.20. The second-order valence-corrected chi connectivity index (χ2v) is 4.67. The Morgan fingerprint density at radius 3 is 1.89 bits per heavy atom. The minimum Gasteiger partial charge on any atom is -0.385 e. The first-order valence-corrected chi connectivity index (χ1v) is 6.58. The smallest absolute Gasteiger partial charge is 0.0858 e. The van der Waals surface area contributed by atoms with Crippen molar-refractivity contribution < 1.29 is 0 Å². The van der Waals surface area contributed by atoms with E-state index in [1.165, 1.54) is 0 Å². The molecule has 0 radical (unpaired) electrons. The van der Waals surface area contributed by atoms with Crippen LogP contribution in [0.1, 0.15) is 6.92 Å². The highest BCUT2D eigenvalue weighted by atomic mass is 79.9. The molecule has 0 bridgehead atoms. The van der Waals surface area contributed by atoms with Crippen molar-refractivity contribution in [3.63, 3.8) is 0 Å². The molecule has 0 unspecified atom stereocenters. The van der Waals surface area contributed by atoms with Gasteiger partial charge in [0, 0.05) is 16.7 Å². The van der Waals surface area contributed by atoms with Gasteiger partial charge in [-0.15, -0.1) is 0 Å². The summed E-state index contributed by atoms with van der Waals surface area (Å²) in [5.41, 5.74) is 2.79. The first kappa shape index (κ1) is 12.8. The molecule has 0 heterocycles. The summed E-state index contributed by atoms with van der Waals surface area (Å²) in [4.78, 5) is 0. The van der Waals surface area contributed by atoms with Crippen LogP contribution in [0.4, 0.5) is 17.1 Å². The van der Waals surface area contributed by atoms with Gasteiger partial charge in [0.2, 0.25) is 0 Å². The monoisotopic (exact) mass is 303 g/mol. The lowest BCUT2D eigenvalue weighted by atomic mass is 10.3. The molecule has 2 aromatic carbocycles. The van der Waals surface area contributed by atoms with Crippen LogP contribution in [0.25, 0.3) is 0 Å². The summed E-state index contributed by atoms with van der Waals surface area (Å²) in [5.74, 6) is 0. The van der Waals surface area contributed by atoms with E-state index in [1.807, 2.05) is 48.5 Å². The number of benzene rings is 2. The van der Waals surface area contributed by atoms with Gasteiger partial charge in [0.25, 0.3) is 0 Å². The van der Waals surface area contributed by atoms with Crippen LogP contribution in [0.5, 0.6) is 0 Å². The van der Waals surface area contributed by atoms with E-state index in [4.69, 9.17) is 0 Å². The summed E-state index contributed by atoms with van der Waals surface area (Å²) in [7, 11) is 0. The number of nitrogens with zero attached hydrogens (tertiary/aromatic N) is 2. The Balaban J connectivity index is 2.06. The molecule has 0 aliphatic heterocycles. The van der Waals surface area contributed by atoms with E-state index >= 15 is 0 Å². The zero-order valence-electron chi connectivity index (χ0n) is 10.1. The Kier molecular flexibility index (Phi) is 4.47. The molecule has 4 heteroatoms. The van der Waals surface area contributed by atoms with Crippen LogP contribution in [0, 0.1) is 0 Å². The molecule has 3 nitrogen and oxygen atoms in total. The van der Waals surface area contributed by atoms with Crippen molar-refractivity contribution >= 4 is 33.0 Å². The summed E-state index contributed by atoms with van der Waals surface area (Å²) in [6.45, 7) is 2.99. The van der Waals surface area contributed by atoms with Gasteiger partial charge in [-0.1, -0.05) is 15.9 Å². The molecule has 0 atom stereocenters. The summed E-state index contributed by atoms with van der Waals surface area (Å²) in [5, 5.41) is 11.6. The third-order valence-corrected chi connectivity index (χ3v) is 2.88. The van der Waals surface area contributed by atoms with Gasteiger partial charge in [0.05, 0.1) is 11.4 Å². The van der Waals surface area contributed by atoms with Crippen LogP contribution in [0.15, 0.2) is 63.2 Å². The molecule has 92 valence electrons. The predicted octanol–water partition coefficient (Wildman–Crippen LogP) is 5.30. The summed E-state index contributed by atoms with van der Waals surface area (Å²) >= 11 is 3.38. The Hall–Kier alpha value is -1.68. The Labute approximate surface area is 115 Å². The molecule has 0 fully saturated rings. The number of anilines is 1. The maximum Gasteiger partial charge on any atom is 0.0858 e. The fourth-order valence-electron chi connectivity index (χ4n) is 1.47. The molecule has 1 N–H and O–H groups in total. The third-order valence-electron chi connectivity index (χ3n) is 2.36. The van der Waals surface area contributed by atoms with Gasteiger partial charge in [0.15, 0.2) is 0 Å². The number of azo groups is 1. The SMILES string of the molecule is CCNc1ccc(N=Nc2ccc(Br)cc2)cc1. The minimum atomic E-state index is 0.842. The van der Waals surface area contributed by atoms with Gasteiger partial charge in [-0.3, -0.25) is 0 Å². The zero-order chi connectivity index (χ0) is 12.8. The maximum atomic E-state index is 4.19. The summed E-state index contributed by atoms with van der Waals surface area (Å²) in [6.07, 6.45) is 0. The van der Waals surface area contributed by atoms with Crippen LogP contribution in [-0.4, -0.2) is 6.54 Å². The second kappa shape index (κ2) is 6.31. The highest BCUT2D eigenvalue weighted by Crippen LogP contribution is 2.21. The van der Waals surface area contributed by atoms with Crippen molar-refractivity contribution in [1.82, 2.24) is 0 Å². The van der Waals surface area contributed by atoms with E-state index in [9.17, 15) is 0 Å². The van der Waals surface area contributed by atoms with E-state index in [1.54, 1.807) is 0 Å². The van der Waals surface area contributed by atoms with E-state index in [-0.39, 0.29) is 0 Å². The van der Waals surface area contributed by atoms with Crippen LogP contribution in [-0.2, 0) is 0 Å². The van der Waals surface area contributed by atoms with Crippen molar-refractivity contribution in [3.8, 4) is 0 Å². The van der Waals surface area contributed by atoms with Gasteiger partial charge >= 0.3 is 0 Å². The summed E-state index contributed by atoms with van der Waals surface area (Å²) in [6, 6.07) is 15.6. The van der Waals surface area contributed by atoms with Crippen LogP contribution in [0.2, 0.25) is 0 Å². The van der Waals surface area contributed by atoms with E-state index in [0.29, 0.717) is 0 Å². The highest BCUT2D eigenvalue weighted by Gasteiger charge is 1.93. The lowest BCUT2D eigenvalue weighted by Gasteiger charge is -2.01. The van der Waals surface area contributed by atoms with Crippen molar-refractivity contribution in [2.45, 2.75) is 6.92 Å². The van der Waals surface area contributed by atoms with E-state index < -0.39 is 0 Å². The molecular weight excluding hydrogens is 290 g/mol. The zero-order valence-corrected chi connectivity index (χ0v) is 11.7. The number of hydrogen-bond donors (Lipinski definition) is 1. The predicted molar refractivity (Wildman–Crippen MR) is 78.9 cm³/mol. The van der Waals surface area contributed by atoms with Crippen LogP contribution < -0.4 is 5.32 Å². The third kappa shape index (κ3) is 3.67. The second-order valence-electron chi connectivity index (χ2n) is 3.75. The molecule has 0 aromatic heterocycles. The fraction of sp³-hybridized carbons (Fsp3) is 0.143. The molecule has 0 aliphatic carbocycles. The molecule has 0 saturated carbocycles. The normalized spacial score (nSPS) is 10.8. The van der Waals surface area contributed by atoms with Gasteiger partial charge < -0.3 is 5.32 Å². The molecular formula is C14H14BrN3. The highest BCUT2D eigenvalue weighted by molar-refractivity contribution is 9.10. The fourth-order valence-corrected chi connectivity index (χ4v) is 1.74. The number of hydrogen-bond acceptors (Lipinski definition) is 3. The minimum absolute atomic E-state index is 0.842. The Morgan fingerprint density at radius 1 is 0.889 bits per heavy atom. The topological polar surface area (TPSA) is 36.8 Å². The summed E-state index contributed by atoms with van der Waals surface area (Å²) < 4.78 is 1.04. The Bertz CT molecular complexity index is 518. The van der Waals surface area contributed by atoms with Gasteiger partial charge in [-0.2, -0.15) is 10.2 Å². The molecule has 2 rings (SSSR count). The molecule has 0 amide bonds. The Morgan fingerprint density at radius 2 is 1.39 bits per heavy atom. The van der Waals surface area contributed by atoms with Gasteiger partial charge in [-0.05, 0) is 55.5 Å². The molecule has 0 aliphatic rings. The van der Waals surface area contributed by atoms with Crippen LogP contribution >= 0.6 is 15.9 Å². The van der Waals surface area contributed by atoms with Gasteiger partial charge in [0.1, 0.15) is 0 Å². The van der Waals surface area contributed by atoms with Crippen molar-refractivity contribution in [2.75, 3.05) is 11.9 Å². The molecule has 0 spiro atoms. The van der Waals surface area contributed by atoms with E-state index in [0.717, 1.165) is 28.1 Å². The van der Waals surface area contributed by atoms with Crippen LogP contribution in [0.3, 0.4) is 0 Å². The lowest BCUT2D eigenvalue weighted by Crippen LogP contribution is -1.94. The molecule has 2 aromatic rings. The first-order valence-electron chi connectivity index (χ1n) is 5.79.